The quantitative estimate of drug-likeness (QED) is 0.116. The highest BCUT2D eigenvalue weighted by atomic mass is 32.2. The molecule has 1 saturated heterocycles. The van der Waals surface area contributed by atoms with Crippen LogP contribution in [0.1, 0.15) is 52.1 Å². The predicted molar refractivity (Wildman–Crippen MR) is 188 cm³/mol. The Morgan fingerprint density at radius 2 is 1.55 bits per heavy atom. The number of carbonyl (C=O) groups excluding carboxylic acids is 1. The number of rotatable bonds is 10. The van der Waals surface area contributed by atoms with E-state index in [-0.39, 0.29) is 36.3 Å². The van der Waals surface area contributed by atoms with Gasteiger partial charge in [-0.15, -0.1) is 0 Å². The highest BCUT2D eigenvalue weighted by Gasteiger charge is 2.38. The Kier molecular flexibility index (Phi) is 9.99. The third kappa shape index (κ3) is 7.68. The molecule has 6 aromatic rings. The van der Waals surface area contributed by atoms with E-state index in [0.29, 0.717) is 23.0 Å². The number of thioether (sulfide) groups is 1. The number of fused-ring (bicyclic) bond motifs is 1. The molecule has 4 atom stereocenters. The Balaban J connectivity index is 1.05. The summed E-state index contributed by atoms with van der Waals surface area (Å²) in [4.78, 5) is 30.4. The monoisotopic (exact) mass is 669 g/mol. The van der Waals surface area contributed by atoms with Gasteiger partial charge in [-0.1, -0.05) is 97.5 Å². The molecule has 1 aliphatic heterocycles. The number of aliphatic hydroxyl groups is 1. The zero-order valence-corrected chi connectivity index (χ0v) is 27.7. The van der Waals surface area contributed by atoms with E-state index in [1.165, 1.54) is 6.20 Å². The highest BCUT2D eigenvalue weighted by Crippen LogP contribution is 2.43. The van der Waals surface area contributed by atoms with E-state index in [9.17, 15) is 9.90 Å². The highest BCUT2D eigenvalue weighted by molar-refractivity contribution is 7.99. The van der Waals surface area contributed by atoms with Gasteiger partial charge in [0.2, 0.25) is 0 Å². The minimum absolute atomic E-state index is 0.00611. The fourth-order valence-electron chi connectivity index (χ4n) is 5.86. The first-order valence-electron chi connectivity index (χ1n) is 16.1. The molecule has 0 spiro atoms. The van der Waals surface area contributed by atoms with Gasteiger partial charge in [0.05, 0.1) is 36.0 Å². The van der Waals surface area contributed by atoms with Crippen LogP contribution in [-0.4, -0.2) is 42.8 Å². The smallest absolute Gasteiger partial charge is 0.271 e. The summed E-state index contributed by atoms with van der Waals surface area (Å²) < 4.78 is 13.2. The zero-order valence-electron chi connectivity index (χ0n) is 26.8. The molecule has 49 heavy (non-hydrogen) atoms. The average molecular weight is 670 g/mol. The second kappa shape index (κ2) is 15.0. The Bertz CT molecular complexity index is 2030. The van der Waals surface area contributed by atoms with E-state index < -0.39 is 6.29 Å². The van der Waals surface area contributed by atoms with Gasteiger partial charge in [-0.3, -0.25) is 9.78 Å². The van der Waals surface area contributed by atoms with Gasteiger partial charge in [-0.25, -0.2) is 15.0 Å². The third-order valence-electron chi connectivity index (χ3n) is 8.62. The van der Waals surface area contributed by atoms with Crippen molar-refractivity contribution >= 4 is 28.7 Å². The third-order valence-corrected chi connectivity index (χ3v) is 9.58. The van der Waals surface area contributed by atoms with Crippen LogP contribution in [0.2, 0.25) is 0 Å². The van der Waals surface area contributed by atoms with Gasteiger partial charge in [0.1, 0.15) is 5.69 Å². The second-order valence-corrected chi connectivity index (χ2v) is 12.9. The minimum Gasteiger partial charge on any atom is -0.392 e. The van der Waals surface area contributed by atoms with Crippen LogP contribution >= 0.6 is 11.8 Å². The van der Waals surface area contributed by atoms with Crippen LogP contribution in [0, 0.1) is 5.92 Å². The Labute approximate surface area is 288 Å². The fraction of sp³-hybridized carbons (Fsp3) is 0.205. The number of hydrogen-bond donors (Lipinski definition) is 2. The molecule has 0 aliphatic carbocycles. The maximum atomic E-state index is 12.8. The lowest BCUT2D eigenvalue weighted by Crippen LogP contribution is -2.38. The summed E-state index contributed by atoms with van der Waals surface area (Å²) in [6, 6.07) is 33.5. The molecule has 0 unspecified atom stereocenters. The van der Waals surface area contributed by atoms with Crippen LogP contribution in [-0.2, 0) is 22.6 Å². The minimum atomic E-state index is -0.574. The number of para-hydroxylation sites is 2. The first kappa shape index (κ1) is 32.5. The van der Waals surface area contributed by atoms with E-state index in [0.717, 1.165) is 38.9 Å². The molecule has 0 radical (unpaired) electrons. The van der Waals surface area contributed by atoms with Crippen LogP contribution in [0.15, 0.2) is 127 Å². The van der Waals surface area contributed by atoms with Crippen LogP contribution in [0.25, 0.3) is 22.2 Å². The fourth-order valence-corrected chi connectivity index (χ4v) is 6.83. The summed E-state index contributed by atoms with van der Waals surface area (Å²) in [7, 11) is 0. The normalized spacial score (nSPS) is 19.1. The van der Waals surface area contributed by atoms with E-state index in [1.807, 2.05) is 72.8 Å². The van der Waals surface area contributed by atoms with Crippen molar-refractivity contribution in [1.29, 1.82) is 0 Å². The average Bonchev–Trinajstić information content (AvgIpc) is 3.17. The number of carbonyl (C=O) groups is 1. The molecule has 1 amide bonds. The SMILES string of the molecule is C[C@@H]1[C@H](CSc2ncccn2)O[C@H](c2ccc(-c3cccc(CNC(=O)c4cnc5ccccc5n4)c3)cc2)O[C@@H]1c1ccc(CO)cc1. The lowest BCUT2D eigenvalue weighted by molar-refractivity contribution is -0.268. The Morgan fingerprint density at radius 3 is 2.33 bits per heavy atom. The van der Waals surface area contributed by atoms with Crippen LogP contribution in [0.4, 0.5) is 0 Å². The van der Waals surface area contributed by atoms with Crippen LogP contribution in [0.5, 0.6) is 0 Å². The molecule has 10 heteroatoms. The Hall–Kier alpha value is -5.00. The van der Waals surface area contributed by atoms with E-state index in [4.69, 9.17) is 9.47 Å². The van der Waals surface area contributed by atoms with Crippen molar-refractivity contribution in [2.75, 3.05) is 5.75 Å². The molecule has 246 valence electrons. The number of ether oxygens (including phenoxy) is 2. The molecular weight excluding hydrogens is 635 g/mol. The van der Waals surface area contributed by atoms with Gasteiger partial charge in [-0.2, -0.15) is 0 Å². The van der Waals surface area contributed by atoms with E-state index >= 15 is 0 Å². The summed E-state index contributed by atoms with van der Waals surface area (Å²) in [5.74, 6) is 0.458. The number of hydrogen-bond acceptors (Lipinski definition) is 9. The lowest BCUT2D eigenvalue weighted by Gasteiger charge is -2.41. The molecule has 2 aromatic heterocycles. The topological polar surface area (TPSA) is 119 Å². The first-order valence-corrected chi connectivity index (χ1v) is 17.1. The molecule has 2 N–H and O–H groups in total. The number of benzene rings is 4. The first-order chi connectivity index (χ1) is 24.0. The summed E-state index contributed by atoms with van der Waals surface area (Å²) in [5, 5.41) is 13.2. The molecule has 0 saturated carbocycles. The predicted octanol–water partition coefficient (Wildman–Crippen LogP) is 7.09. The van der Waals surface area contributed by atoms with Gasteiger partial charge in [0.15, 0.2) is 11.4 Å². The van der Waals surface area contributed by atoms with Gasteiger partial charge in [0, 0.05) is 36.2 Å². The summed E-state index contributed by atoms with van der Waals surface area (Å²) in [6.45, 7) is 2.49. The van der Waals surface area contributed by atoms with Gasteiger partial charge < -0.3 is 19.9 Å². The molecule has 0 bridgehead atoms. The van der Waals surface area contributed by atoms with Crippen LogP contribution < -0.4 is 5.32 Å². The molecule has 1 fully saturated rings. The summed E-state index contributed by atoms with van der Waals surface area (Å²) in [5.41, 5.74) is 7.56. The second-order valence-electron chi connectivity index (χ2n) is 11.9. The molecule has 7 rings (SSSR count). The molecule has 4 aromatic carbocycles. The summed E-state index contributed by atoms with van der Waals surface area (Å²) in [6.07, 6.45) is 4.08. The van der Waals surface area contributed by atoms with Crippen molar-refractivity contribution in [2.24, 2.45) is 5.92 Å². The number of nitrogens with one attached hydrogen (secondary N) is 1. The molecule has 1 aliphatic rings. The standard InChI is InChI=1S/C39H35N5O4S/c1-25-35(24-49-39-40-18-5-19-41-39)47-38(48-36(25)29-12-10-26(23-45)11-13-29)30-16-14-28(15-17-30)31-7-4-6-27(20-31)21-43-37(46)34-22-42-32-8-2-3-9-33(32)44-34/h2-20,22,25,35-36,38,45H,21,23-24H2,1H3,(H,43,46)/t25-,35+,36+,38+/m1/s1. The van der Waals surface area contributed by atoms with E-state index in [1.54, 1.807) is 30.2 Å². The lowest BCUT2D eigenvalue weighted by atomic mass is 9.91. The van der Waals surface area contributed by atoms with Gasteiger partial charge >= 0.3 is 0 Å². The van der Waals surface area contributed by atoms with Crippen molar-refractivity contribution < 1.29 is 19.4 Å². The van der Waals surface area contributed by atoms with Crippen molar-refractivity contribution in [3.05, 3.63) is 150 Å². The van der Waals surface area contributed by atoms with Crippen LogP contribution in [0.3, 0.4) is 0 Å². The number of aliphatic hydroxyl groups excluding tert-OH is 1. The van der Waals surface area contributed by atoms with Gasteiger partial charge in [0.25, 0.3) is 5.91 Å². The van der Waals surface area contributed by atoms with Crippen molar-refractivity contribution in [3.8, 4) is 11.1 Å². The maximum Gasteiger partial charge on any atom is 0.271 e. The number of nitrogens with zero attached hydrogens (tertiary/aromatic N) is 4. The van der Waals surface area contributed by atoms with Crippen molar-refractivity contribution in [1.82, 2.24) is 25.3 Å². The largest absolute Gasteiger partial charge is 0.392 e. The van der Waals surface area contributed by atoms with Crippen molar-refractivity contribution in [3.63, 3.8) is 0 Å². The van der Waals surface area contributed by atoms with Gasteiger partial charge in [-0.05, 0) is 52.1 Å². The van der Waals surface area contributed by atoms with E-state index in [2.05, 4.69) is 56.4 Å². The zero-order chi connectivity index (χ0) is 33.6. The summed E-state index contributed by atoms with van der Waals surface area (Å²) >= 11 is 1.57. The molecule has 3 heterocycles. The molecule has 9 nitrogen and oxygen atoms in total. The Morgan fingerprint density at radius 1 is 0.796 bits per heavy atom. The maximum absolute atomic E-state index is 12.8. The molecular formula is C39H35N5O4S. The number of amides is 1. The van der Waals surface area contributed by atoms with Crippen molar-refractivity contribution in [2.45, 2.75) is 43.7 Å². The number of aromatic nitrogens is 4.